The number of aliphatic hydroxyl groups excluding tert-OH is 1. The van der Waals surface area contributed by atoms with Crippen molar-refractivity contribution >= 4 is 18.1 Å². The van der Waals surface area contributed by atoms with Gasteiger partial charge in [-0.3, -0.25) is 24.4 Å². The molecule has 2 amide bonds. The van der Waals surface area contributed by atoms with E-state index < -0.39 is 6.10 Å². The Balaban J connectivity index is 0.000000212. The topological polar surface area (TPSA) is 121 Å². The Morgan fingerprint density at radius 3 is 1.53 bits per heavy atom. The van der Waals surface area contributed by atoms with Gasteiger partial charge in [0, 0.05) is 48.7 Å². The van der Waals surface area contributed by atoms with E-state index in [-0.39, 0.29) is 11.8 Å². The predicted molar refractivity (Wildman–Crippen MR) is 147 cm³/mol. The van der Waals surface area contributed by atoms with E-state index in [2.05, 4.69) is 20.6 Å². The first-order chi connectivity index (χ1) is 18.4. The SMILES string of the molecule is CCC(O)c1ccc(-c2ccc(C(=O)NC)cc2)cn1.CNC(=O)c1ccc(-c2ccc(C=O)nc2)cc1. The van der Waals surface area contributed by atoms with Crippen LogP contribution in [0, 0.1) is 0 Å². The highest BCUT2D eigenvalue weighted by molar-refractivity contribution is 5.95. The standard InChI is InChI=1S/C16H18N2O2.C14H12N2O2/c1-3-15(19)14-9-8-13(10-18-14)11-4-6-12(7-5-11)16(20)17-2;1-15-14(18)11-4-2-10(3-5-11)12-6-7-13(9-17)16-8-12/h4-10,15,19H,3H2,1-2H3,(H,17,20);2-9H,1H3,(H,15,18). The Labute approximate surface area is 221 Å². The second kappa shape index (κ2) is 13.6. The first-order valence-electron chi connectivity index (χ1n) is 12.1. The molecule has 4 aromatic rings. The quantitative estimate of drug-likeness (QED) is 0.316. The summed E-state index contributed by atoms with van der Waals surface area (Å²) in [5, 5.41) is 14.9. The Morgan fingerprint density at radius 2 is 1.18 bits per heavy atom. The number of nitrogens with zero attached hydrogens (tertiary/aromatic N) is 2. The number of amides is 2. The molecule has 0 bridgehead atoms. The molecule has 0 spiro atoms. The van der Waals surface area contributed by atoms with Crippen molar-refractivity contribution in [1.82, 2.24) is 20.6 Å². The molecule has 0 radical (unpaired) electrons. The van der Waals surface area contributed by atoms with Gasteiger partial charge in [0.1, 0.15) is 5.69 Å². The number of nitrogens with one attached hydrogen (secondary N) is 2. The molecule has 0 aliphatic rings. The van der Waals surface area contributed by atoms with Crippen molar-refractivity contribution in [1.29, 1.82) is 0 Å². The van der Waals surface area contributed by atoms with Crippen LogP contribution in [0.3, 0.4) is 0 Å². The van der Waals surface area contributed by atoms with E-state index in [0.717, 1.165) is 22.3 Å². The minimum atomic E-state index is -0.514. The van der Waals surface area contributed by atoms with E-state index >= 15 is 0 Å². The van der Waals surface area contributed by atoms with Gasteiger partial charge in [-0.15, -0.1) is 0 Å². The highest BCUT2D eigenvalue weighted by atomic mass is 16.3. The molecule has 194 valence electrons. The molecule has 8 nitrogen and oxygen atoms in total. The number of carbonyl (C=O) groups is 3. The lowest BCUT2D eigenvalue weighted by Gasteiger charge is -2.08. The third kappa shape index (κ3) is 7.18. The molecular weight excluding hydrogens is 480 g/mol. The normalized spacial score (nSPS) is 10.9. The van der Waals surface area contributed by atoms with Crippen molar-refractivity contribution < 1.29 is 19.5 Å². The van der Waals surface area contributed by atoms with Crippen LogP contribution in [0.5, 0.6) is 0 Å². The molecule has 2 aromatic heterocycles. The molecule has 1 unspecified atom stereocenters. The first kappa shape index (κ1) is 27.9. The van der Waals surface area contributed by atoms with Crippen molar-refractivity contribution in [3.63, 3.8) is 0 Å². The van der Waals surface area contributed by atoms with Gasteiger partial charge in [0.05, 0.1) is 11.8 Å². The molecule has 38 heavy (non-hydrogen) atoms. The van der Waals surface area contributed by atoms with Crippen molar-refractivity contribution in [3.8, 4) is 22.3 Å². The van der Waals surface area contributed by atoms with Crippen molar-refractivity contribution in [2.45, 2.75) is 19.4 Å². The smallest absolute Gasteiger partial charge is 0.251 e. The summed E-state index contributed by atoms with van der Waals surface area (Å²) in [5.41, 5.74) is 6.12. The monoisotopic (exact) mass is 510 g/mol. The van der Waals surface area contributed by atoms with Crippen LogP contribution in [0.2, 0.25) is 0 Å². The highest BCUT2D eigenvalue weighted by Gasteiger charge is 2.08. The molecule has 0 fully saturated rings. The van der Waals surface area contributed by atoms with Crippen molar-refractivity contribution in [3.05, 3.63) is 108 Å². The predicted octanol–water partition coefficient (Wildman–Crippen LogP) is 4.47. The summed E-state index contributed by atoms with van der Waals surface area (Å²) in [6.45, 7) is 1.91. The Kier molecular flexibility index (Phi) is 9.96. The van der Waals surface area contributed by atoms with E-state index in [1.807, 2.05) is 49.4 Å². The second-order valence-corrected chi connectivity index (χ2v) is 8.30. The summed E-state index contributed by atoms with van der Waals surface area (Å²) < 4.78 is 0. The number of aromatic nitrogens is 2. The van der Waals surface area contributed by atoms with E-state index in [4.69, 9.17) is 0 Å². The summed E-state index contributed by atoms with van der Waals surface area (Å²) in [5.74, 6) is -0.216. The van der Waals surface area contributed by atoms with E-state index in [1.54, 1.807) is 56.8 Å². The van der Waals surface area contributed by atoms with Crippen molar-refractivity contribution in [2.75, 3.05) is 14.1 Å². The minimum absolute atomic E-state index is 0.101. The van der Waals surface area contributed by atoms with Gasteiger partial charge < -0.3 is 15.7 Å². The van der Waals surface area contributed by atoms with Gasteiger partial charge in [-0.25, -0.2) is 0 Å². The van der Waals surface area contributed by atoms with E-state index in [9.17, 15) is 19.5 Å². The average molecular weight is 511 g/mol. The molecule has 0 aliphatic heterocycles. The zero-order valence-electron chi connectivity index (χ0n) is 21.5. The summed E-state index contributed by atoms with van der Waals surface area (Å²) in [6, 6.07) is 21.8. The molecule has 4 rings (SSSR count). The number of aldehydes is 1. The van der Waals surface area contributed by atoms with Crippen LogP contribution in [-0.2, 0) is 0 Å². The lowest BCUT2D eigenvalue weighted by Crippen LogP contribution is -2.17. The highest BCUT2D eigenvalue weighted by Crippen LogP contribution is 2.22. The van der Waals surface area contributed by atoms with Crippen LogP contribution in [0.15, 0.2) is 85.2 Å². The third-order valence-electron chi connectivity index (χ3n) is 5.84. The van der Waals surface area contributed by atoms with Crippen LogP contribution in [0.25, 0.3) is 22.3 Å². The summed E-state index contributed by atoms with van der Waals surface area (Å²) >= 11 is 0. The summed E-state index contributed by atoms with van der Waals surface area (Å²) in [6.07, 6.45) is 4.22. The fourth-order valence-electron chi connectivity index (χ4n) is 3.54. The van der Waals surface area contributed by atoms with Gasteiger partial charge in [-0.1, -0.05) is 43.3 Å². The second-order valence-electron chi connectivity index (χ2n) is 8.30. The average Bonchev–Trinajstić information content (AvgIpc) is 3.00. The molecular formula is C30H30N4O4. The number of benzene rings is 2. The molecule has 8 heteroatoms. The molecule has 0 saturated carbocycles. The maximum absolute atomic E-state index is 11.5. The number of hydrogen-bond donors (Lipinski definition) is 3. The first-order valence-corrected chi connectivity index (χ1v) is 12.1. The molecule has 0 aliphatic carbocycles. The van der Waals surface area contributed by atoms with Crippen LogP contribution >= 0.6 is 0 Å². The van der Waals surface area contributed by atoms with Gasteiger partial charge in [0.15, 0.2) is 6.29 Å². The number of hydrogen-bond acceptors (Lipinski definition) is 6. The minimum Gasteiger partial charge on any atom is -0.387 e. The van der Waals surface area contributed by atoms with Crippen LogP contribution in [0.1, 0.15) is 56.3 Å². The zero-order chi connectivity index (χ0) is 27.5. The summed E-state index contributed by atoms with van der Waals surface area (Å²) in [4.78, 5) is 41.6. The van der Waals surface area contributed by atoms with Crippen LogP contribution in [-0.4, -0.2) is 47.3 Å². The summed E-state index contributed by atoms with van der Waals surface area (Å²) in [7, 11) is 3.20. The lowest BCUT2D eigenvalue weighted by atomic mass is 10.0. The largest absolute Gasteiger partial charge is 0.387 e. The van der Waals surface area contributed by atoms with E-state index in [0.29, 0.717) is 35.2 Å². The molecule has 0 saturated heterocycles. The van der Waals surface area contributed by atoms with Gasteiger partial charge >= 0.3 is 0 Å². The molecule has 2 heterocycles. The number of rotatable bonds is 7. The van der Waals surface area contributed by atoms with Crippen LogP contribution in [0.4, 0.5) is 0 Å². The third-order valence-corrected chi connectivity index (χ3v) is 5.84. The number of pyridine rings is 2. The Morgan fingerprint density at radius 1 is 0.737 bits per heavy atom. The van der Waals surface area contributed by atoms with Gasteiger partial charge in [-0.05, 0) is 53.9 Å². The molecule has 1 atom stereocenters. The fraction of sp³-hybridized carbons (Fsp3) is 0.167. The lowest BCUT2D eigenvalue weighted by molar-refractivity contribution is 0.0955. The van der Waals surface area contributed by atoms with Gasteiger partial charge in [-0.2, -0.15) is 0 Å². The van der Waals surface area contributed by atoms with Gasteiger partial charge in [0.25, 0.3) is 11.8 Å². The Hall–Kier alpha value is -4.69. The molecule has 2 aromatic carbocycles. The molecule has 3 N–H and O–H groups in total. The maximum Gasteiger partial charge on any atom is 0.251 e. The fourth-order valence-corrected chi connectivity index (χ4v) is 3.54. The van der Waals surface area contributed by atoms with Gasteiger partial charge in [0.2, 0.25) is 0 Å². The number of carbonyl (C=O) groups excluding carboxylic acids is 3. The maximum atomic E-state index is 11.5. The van der Waals surface area contributed by atoms with Crippen LogP contribution < -0.4 is 10.6 Å². The Bertz CT molecular complexity index is 1350. The van der Waals surface area contributed by atoms with Crippen molar-refractivity contribution in [2.24, 2.45) is 0 Å². The van der Waals surface area contributed by atoms with E-state index in [1.165, 1.54) is 0 Å². The number of aliphatic hydroxyl groups is 1. The zero-order valence-corrected chi connectivity index (χ0v) is 21.5.